The van der Waals surface area contributed by atoms with Gasteiger partial charge < -0.3 is 58.9 Å². The molecule has 2 bridgehead atoms. The van der Waals surface area contributed by atoms with Gasteiger partial charge in [0, 0.05) is 56.6 Å². The molecule has 4 aliphatic rings. The number of aliphatic hydroxyl groups is 5. The highest BCUT2D eigenvalue weighted by atomic mass is 16.6. The molecule has 2 saturated heterocycles. The molecular weight excluding hydrogens is 935 g/mol. The molecule has 1 aliphatic carbocycles. The number of aliphatic hydroxyl groups excluding tert-OH is 4. The fourth-order valence-electron chi connectivity index (χ4n) is 11.7. The number of carbonyl (C=O) groups is 3. The number of allylic oxidation sites excluding steroid dienone is 6. The normalized spacial score (nSPS) is 39.2. The van der Waals surface area contributed by atoms with Crippen molar-refractivity contribution in [3.05, 3.63) is 71.4 Å². The van der Waals surface area contributed by atoms with Gasteiger partial charge in [0.05, 0.1) is 44.7 Å². The van der Waals surface area contributed by atoms with Crippen LogP contribution in [0.1, 0.15) is 137 Å². The van der Waals surface area contributed by atoms with Gasteiger partial charge in [0.1, 0.15) is 35.9 Å². The zero-order valence-corrected chi connectivity index (χ0v) is 45.5. The summed E-state index contributed by atoms with van der Waals surface area (Å²) in [6, 6.07) is 4.46. The van der Waals surface area contributed by atoms with Crippen molar-refractivity contribution in [3.63, 3.8) is 0 Å². The Kier molecular flexibility index (Phi) is 22.8. The van der Waals surface area contributed by atoms with E-state index < -0.39 is 84.1 Å². The Labute approximate surface area is 435 Å². The van der Waals surface area contributed by atoms with Crippen LogP contribution in [-0.2, 0) is 33.3 Å². The van der Waals surface area contributed by atoms with Crippen molar-refractivity contribution in [1.82, 2.24) is 4.90 Å². The second kappa shape index (κ2) is 27.7. The molecule has 1 saturated carbocycles. The number of hydrogen-bond donors (Lipinski definition) is 5. The van der Waals surface area contributed by atoms with Crippen molar-refractivity contribution in [2.45, 2.75) is 192 Å². The van der Waals surface area contributed by atoms with Crippen LogP contribution in [0.5, 0.6) is 11.5 Å². The molecule has 15 heteroatoms. The molecule has 3 fully saturated rings. The predicted molar refractivity (Wildman–Crippen MR) is 279 cm³/mol. The molecule has 2 unspecified atom stereocenters. The quantitative estimate of drug-likeness (QED) is 0.0968. The molecule has 1 amide bonds. The van der Waals surface area contributed by atoms with Crippen molar-refractivity contribution in [1.29, 1.82) is 0 Å². The lowest BCUT2D eigenvalue weighted by molar-refractivity contribution is -0.264. The van der Waals surface area contributed by atoms with Gasteiger partial charge in [0.15, 0.2) is 0 Å². The Morgan fingerprint density at radius 2 is 1.55 bits per heavy atom. The third-order valence-electron chi connectivity index (χ3n) is 16.5. The number of benzene rings is 1. The summed E-state index contributed by atoms with van der Waals surface area (Å²) in [7, 11) is 6.21. The Bertz CT molecular complexity index is 2090. The van der Waals surface area contributed by atoms with Gasteiger partial charge in [-0.15, -0.1) is 0 Å². The maximum absolute atomic E-state index is 14.6. The number of piperidine rings is 1. The minimum atomic E-state index is -2.47. The second-order valence-electron chi connectivity index (χ2n) is 21.9. The monoisotopic (exact) mass is 1020 g/mol. The third kappa shape index (κ3) is 15.4. The Hall–Kier alpha value is -3.93. The van der Waals surface area contributed by atoms with E-state index in [1.807, 2.05) is 70.2 Å². The van der Waals surface area contributed by atoms with Gasteiger partial charge in [-0.05, 0) is 120 Å². The highest BCUT2D eigenvalue weighted by Crippen LogP contribution is 2.43. The Morgan fingerprint density at radius 3 is 2.23 bits per heavy atom. The molecule has 5 N–H and O–H groups in total. The first-order valence-corrected chi connectivity index (χ1v) is 26.8. The zero-order chi connectivity index (χ0) is 53.7. The van der Waals surface area contributed by atoms with Gasteiger partial charge in [0.25, 0.3) is 11.7 Å². The molecule has 410 valence electrons. The van der Waals surface area contributed by atoms with E-state index >= 15 is 0 Å². The van der Waals surface area contributed by atoms with Crippen LogP contribution in [0, 0.1) is 35.5 Å². The molecule has 73 heavy (non-hydrogen) atoms. The lowest BCUT2D eigenvalue weighted by Crippen LogP contribution is -2.60. The number of ketones is 1. The summed E-state index contributed by atoms with van der Waals surface area (Å²) in [5, 5.41) is 58.0. The molecule has 3 aliphatic heterocycles. The standard InChI is InChI=1S/C58H89NO14/c1-34-17-13-12-14-18-35(2)45(44-24-23-42(68-8)32-50(44)69-9)31-43-22-20-40(7)58(67,73-43)55(64)56(65)59-26-16-15-19-46(59)57(66)72-49(37(4)29-41-21-25-47(60)51(30-41)70-10)33-48(61)36(3)28-39(6)53(63)54(71-11)52(62)38(5)27-34/h12-14,17-18,23-24,28,32,34,36-38,40-41,43,45-49,51-54,60-63,67H,15-16,19-22,25-27,29-31,33H2,1-11H3/b14-12+,17-13-,35-18+,39-28+/t34-,36-,37-,38-,40-,41-,43+,45+,46+,47-,48?,49+,51-,52?,53-,54+,58-/m1/s1. The van der Waals surface area contributed by atoms with Crippen LogP contribution in [0.2, 0.25) is 0 Å². The summed E-state index contributed by atoms with van der Waals surface area (Å²) in [5.41, 5.74) is 2.29. The molecular formula is C58H89NO14. The van der Waals surface area contributed by atoms with E-state index in [9.17, 15) is 39.9 Å². The van der Waals surface area contributed by atoms with Crippen molar-refractivity contribution >= 4 is 17.7 Å². The van der Waals surface area contributed by atoms with Crippen molar-refractivity contribution in [2.75, 3.05) is 35.0 Å². The van der Waals surface area contributed by atoms with E-state index in [-0.39, 0.29) is 55.1 Å². The number of esters is 1. The number of ether oxygens (including phenoxy) is 6. The minimum absolute atomic E-state index is 0.0229. The van der Waals surface area contributed by atoms with Crippen LogP contribution in [0.3, 0.4) is 0 Å². The molecule has 1 aromatic rings. The predicted octanol–water partition coefficient (Wildman–Crippen LogP) is 7.55. The average Bonchev–Trinajstić information content (AvgIpc) is 3.38. The molecule has 15 nitrogen and oxygen atoms in total. The summed E-state index contributed by atoms with van der Waals surface area (Å²) in [6.07, 6.45) is 10.8. The summed E-state index contributed by atoms with van der Waals surface area (Å²) >= 11 is 0. The maximum atomic E-state index is 14.6. The van der Waals surface area contributed by atoms with E-state index in [2.05, 4.69) is 13.0 Å². The van der Waals surface area contributed by atoms with Gasteiger partial charge in [-0.1, -0.05) is 82.7 Å². The van der Waals surface area contributed by atoms with Crippen LogP contribution in [-0.4, -0.2) is 144 Å². The first-order chi connectivity index (χ1) is 34.7. The fourth-order valence-corrected chi connectivity index (χ4v) is 11.7. The molecule has 0 spiro atoms. The topological polar surface area (TPSA) is 211 Å². The van der Waals surface area contributed by atoms with Crippen molar-refractivity contribution < 1.29 is 68.3 Å². The fraction of sp³-hybridized carbons (Fsp3) is 0.707. The third-order valence-corrected chi connectivity index (χ3v) is 16.5. The van der Waals surface area contributed by atoms with E-state index in [0.717, 1.165) is 17.6 Å². The smallest absolute Gasteiger partial charge is 0.329 e. The number of fused-ring (bicyclic) bond motifs is 3. The van der Waals surface area contributed by atoms with Crippen LogP contribution in [0.15, 0.2) is 65.8 Å². The molecule has 0 radical (unpaired) electrons. The second-order valence-corrected chi connectivity index (χ2v) is 21.9. The summed E-state index contributed by atoms with van der Waals surface area (Å²) in [5.74, 6) is -6.05. The Balaban J connectivity index is 1.53. The van der Waals surface area contributed by atoms with E-state index in [1.165, 1.54) is 12.0 Å². The minimum Gasteiger partial charge on any atom is -0.497 e. The lowest BCUT2D eigenvalue weighted by Gasteiger charge is -2.43. The SMILES string of the molecule is COc1ccc([C@H]2C[C@@H]3CC[C@@H](C)[C@@](O)(O3)C(=O)C(=O)N3CCCC[C@H]3C(=O)O[C@H]([C@H](C)C[C@H]3CC[C@@H](O)[C@H](OC)C3)CC(O)[C@H](C)/C=C(\C)[C@@H](O)[C@@H](OC)C(O)[C@H](C)C[C@H](C)\C=C/C=C/C=C/2C)c(OC)c1. The van der Waals surface area contributed by atoms with Crippen LogP contribution >= 0.6 is 0 Å². The first-order valence-electron chi connectivity index (χ1n) is 26.8. The highest BCUT2D eigenvalue weighted by Gasteiger charge is 2.53. The number of hydrogen-bond acceptors (Lipinski definition) is 14. The Morgan fingerprint density at radius 1 is 0.808 bits per heavy atom. The van der Waals surface area contributed by atoms with E-state index in [1.54, 1.807) is 41.3 Å². The van der Waals surface area contributed by atoms with Gasteiger partial charge in [-0.3, -0.25) is 9.59 Å². The van der Waals surface area contributed by atoms with Gasteiger partial charge in [-0.2, -0.15) is 0 Å². The zero-order valence-electron chi connectivity index (χ0n) is 45.5. The molecule has 0 aromatic heterocycles. The van der Waals surface area contributed by atoms with Crippen molar-refractivity contribution in [2.24, 2.45) is 35.5 Å². The van der Waals surface area contributed by atoms with Crippen LogP contribution in [0.25, 0.3) is 0 Å². The van der Waals surface area contributed by atoms with E-state index in [4.69, 9.17) is 28.4 Å². The number of nitrogens with zero attached hydrogens (tertiary/aromatic N) is 1. The summed E-state index contributed by atoms with van der Waals surface area (Å²) in [6.45, 7) is 13.3. The van der Waals surface area contributed by atoms with Gasteiger partial charge >= 0.3 is 5.97 Å². The molecule has 3 heterocycles. The molecule has 17 atom stereocenters. The first kappa shape index (κ1) is 59.9. The largest absolute Gasteiger partial charge is 0.497 e. The summed E-state index contributed by atoms with van der Waals surface area (Å²) in [4.78, 5) is 44.9. The van der Waals surface area contributed by atoms with Crippen LogP contribution < -0.4 is 9.47 Å². The lowest BCUT2D eigenvalue weighted by atomic mass is 9.78. The summed E-state index contributed by atoms with van der Waals surface area (Å²) < 4.78 is 35.5. The number of methoxy groups -OCH3 is 4. The highest BCUT2D eigenvalue weighted by molar-refractivity contribution is 6.39. The van der Waals surface area contributed by atoms with Gasteiger partial charge in [0.2, 0.25) is 5.79 Å². The van der Waals surface area contributed by atoms with Crippen molar-refractivity contribution in [3.8, 4) is 11.5 Å². The van der Waals surface area contributed by atoms with E-state index in [0.29, 0.717) is 74.9 Å². The number of carbonyl (C=O) groups excluding carboxylic acids is 3. The number of Topliss-reactive ketones (excluding diaryl/α,β-unsaturated/α-hetero) is 1. The number of rotatable bonds is 8. The molecule has 1 aromatic carbocycles. The average molecular weight is 1020 g/mol. The number of amides is 1. The number of cyclic esters (lactones) is 1. The van der Waals surface area contributed by atoms with Crippen LogP contribution in [0.4, 0.5) is 0 Å². The molecule has 5 rings (SSSR count). The van der Waals surface area contributed by atoms with Gasteiger partial charge in [-0.25, -0.2) is 4.79 Å². The maximum Gasteiger partial charge on any atom is 0.329 e.